The summed E-state index contributed by atoms with van der Waals surface area (Å²) < 4.78 is 6.32. The minimum Gasteiger partial charge on any atom is -0.668 e. The van der Waals surface area contributed by atoms with Gasteiger partial charge in [0, 0.05) is 29.9 Å². The number of aromatic hydroxyl groups is 1. The summed E-state index contributed by atoms with van der Waals surface area (Å²) in [7, 11) is 0. The summed E-state index contributed by atoms with van der Waals surface area (Å²) in [4.78, 5) is 8.59. The van der Waals surface area contributed by atoms with E-state index in [1.54, 1.807) is 24.5 Å². The van der Waals surface area contributed by atoms with E-state index in [-0.39, 0.29) is 41.8 Å². The molecule has 8 nitrogen and oxygen atoms in total. The van der Waals surface area contributed by atoms with Crippen LogP contribution in [0.25, 0.3) is 0 Å². The number of aromatic nitrogens is 2. The molecule has 2 aliphatic rings. The summed E-state index contributed by atoms with van der Waals surface area (Å²) in [6.07, 6.45) is 11.5. The highest BCUT2D eigenvalue weighted by Crippen LogP contribution is 2.40. The van der Waals surface area contributed by atoms with Gasteiger partial charge in [0.2, 0.25) is 0 Å². The van der Waals surface area contributed by atoms with Crippen molar-refractivity contribution < 1.29 is 25.2 Å². The van der Waals surface area contributed by atoms with E-state index in [9.17, 15) is 20.4 Å². The predicted octanol–water partition coefficient (Wildman–Crippen LogP) is 6.55. The molecule has 2 heterocycles. The zero-order valence-corrected chi connectivity index (χ0v) is 30.0. The molecule has 274 valence electrons. The lowest BCUT2D eigenvalue weighted by Crippen LogP contribution is -2.37. The Bertz CT molecular complexity index is 1800. The third-order valence-corrected chi connectivity index (χ3v) is 10.9. The molecule has 0 spiro atoms. The smallest absolute Gasteiger partial charge is 0.161 e. The van der Waals surface area contributed by atoms with E-state index in [2.05, 4.69) is 65.2 Å². The second kappa shape index (κ2) is 17.8. The number of phenols is 1. The third-order valence-electron chi connectivity index (χ3n) is 10.9. The number of pyridine rings is 1. The van der Waals surface area contributed by atoms with Crippen LogP contribution in [0.15, 0.2) is 97.3 Å². The Hall–Kier alpha value is -4.55. The molecule has 0 bridgehead atoms. The lowest BCUT2D eigenvalue weighted by molar-refractivity contribution is -0.00713. The molecule has 6 rings (SSSR count). The van der Waals surface area contributed by atoms with Crippen LogP contribution in [-0.2, 0) is 12.8 Å². The maximum Gasteiger partial charge on any atom is 0.161 e. The molecule has 52 heavy (non-hydrogen) atoms. The van der Waals surface area contributed by atoms with Gasteiger partial charge in [0.25, 0.3) is 0 Å². The Balaban J connectivity index is 1.21. The highest BCUT2D eigenvalue weighted by molar-refractivity contribution is 5.44. The SMILES string of the molecule is CC(Cc1ccccc1)C1C#CC2C=CC(c3ccc(O)c(OC(CO)CC(Cc4ccc[n-]4)c4ccnc(N)c4)c3)CC(O)C2C(O)CCCC1. The molecule has 0 amide bonds. The molecule has 0 saturated carbocycles. The van der Waals surface area contributed by atoms with Gasteiger partial charge in [0.05, 0.1) is 18.8 Å². The van der Waals surface area contributed by atoms with Crippen molar-refractivity contribution in [3.8, 4) is 23.3 Å². The first-order valence-corrected chi connectivity index (χ1v) is 18.7. The topological polar surface area (TPSA) is 143 Å². The molecule has 0 saturated heterocycles. The highest BCUT2D eigenvalue weighted by atomic mass is 16.5. The normalized spacial score (nSPS) is 25.1. The Morgan fingerprint density at radius 3 is 2.54 bits per heavy atom. The lowest BCUT2D eigenvalue weighted by Gasteiger charge is -2.31. The van der Waals surface area contributed by atoms with E-state index in [0.717, 1.165) is 42.5 Å². The minimum atomic E-state index is -0.782. The summed E-state index contributed by atoms with van der Waals surface area (Å²) in [5.74, 6) is 7.43. The Labute approximate surface area is 307 Å². The molecule has 0 radical (unpaired) electrons. The molecular weight excluding hydrogens is 651 g/mol. The number of ether oxygens (including phenoxy) is 1. The number of hydrogen-bond donors (Lipinski definition) is 5. The van der Waals surface area contributed by atoms with Gasteiger partial charge in [-0.25, -0.2) is 4.98 Å². The van der Waals surface area contributed by atoms with Gasteiger partial charge < -0.3 is 35.9 Å². The fourth-order valence-corrected chi connectivity index (χ4v) is 8.02. The minimum absolute atomic E-state index is 0.0335. The molecule has 9 unspecified atom stereocenters. The van der Waals surface area contributed by atoms with Crippen molar-refractivity contribution in [1.82, 2.24) is 9.97 Å². The van der Waals surface area contributed by atoms with E-state index in [1.807, 2.05) is 36.4 Å². The van der Waals surface area contributed by atoms with Crippen molar-refractivity contribution in [3.05, 3.63) is 120 Å². The second-order valence-corrected chi connectivity index (χ2v) is 14.7. The zero-order valence-electron chi connectivity index (χ0n) is 30.0. The number of nitrogens with zero attached hydrogens (tertiary/aromatic N) is 2. The predicted molar refractivity (Wildman–Crippen MR) is 204 cm³/mol. The molecule has 2 aromatic carbocycles. The number of fused-ring (bicyclic) bond motifs is 1. The summed E-state index contributed by atoms with van der Waals surface area (Å²) in [6.45, 7) is 2.02. The number of nitrogens with two attached hydrogens (primary N) is 1. The third kappa shape index (κ3) is 9.65. The number of phenolic OH excluding ortho intramolecular Hbond substituents is 1. The van der Waals surface area contributed by atoms with E-state index in [4.69, 9.17) is 10.5 Å². The van der Waals surface area contributed by atoms with Crippen LogP contribution in [0.1, 0.15) is 79.7 Å². The van der Waals surface area contributed by atoms with E-state index >= 15 is 0 Å². The van der Waals surface area contributed by atoms with Gasteiger partial charge in [0.1, 0.15) is 11.9 Å². The molecule has 8 heteroatoms. The lowest BCUT2D eigenvalue weighted by atomic mass is 9.78. The average molecular weight is 703 g/mol. The first-order valence-electron chi connectivity index (χ1n) is 18.7. The van der Waals surface area contributed by atoms with E-state index in [1.165, 1.54) is 5.56 Å². The van der Waals surface area contributed by atoms with Crippen molar-refractivity contribution in [3.63, 3.8) is 0 Å². The van der Waals surface area contributed by atoms with Crippen LogP contribution in [-0.4, -0.2) is 50.3 Å². The molecule has 2 aliphatic carbocycles. The quantitative estimate of drug-likeness (QED) is 0.0826. The maximum atomic E-state index is 11.7. The Morgan fingerprint density at radius 1 is 0.942 bits per heavy atom. The van der Waals surface area contributed by atoms with Gasteiger partial charge in [-0.2, -0.15) is 11.9 Å². The molecule has 6 N–H and O–H groups in total. The fraction of sp³-hybridized carbons (Fsp3) is 0.432. The van der Waals surface area contributed by atoms with Crippen molar-refractivity contribution in [1.29, 1.82) is 0 Å². The number of anilines is 1. The number of allylic oxidation sites excluding steroid dienone is 2. The first kappa shape index (κ1) is 37.2. The van der Waals surface area contributed by atoms with Crippen molar-refractivity contribution in [2.24, 2.45) is 23.7 Å². The van der Waals surface area contributed by atoms with Crippen LogP contribution < -0.4 is 15.5 Å². The van der Waals surface area contributed by atoms with E-state index < -0.39 is 24.2 Å². The zero-order chi connectivity index (χ0) is 36.5. The molecule has 9 atom stereocenters. The van der Waals surface area contributed by atoms with Crippen LogP contribution in [0.4, 0.5) is 5.82 Å². The fourth-order valence-electron chi connectivity index (χ4n) is 8.02. The summed E-state index contributed by atoms with van der Waals surface area (Å²) >= 11 is 0. The second-order valence-electron chi connectivity index (χ2n) is 14.7. The maximum absolute atomic E-state index is 11.7. The van der Waals surface area contributed by atoms with Crippen LogP contribution in [0.2, 0.25) is 0 Å². The largest absolute Gasteiger partial charge is 0.668 e. The Morgan fingerprint density at radius 2 is 1.77 bits per heavy atom. The number of nitrogen functional groups attached to an aromatic ring is 1. The van der Waals surface area contributed by atoms with Crippen LogP contribution in [0, 0.1) is 35.5 Å². The molecular formula is C44H52N3O5-. The monoisotopic (exact) mass is 702 g/mol. The number of benzene rings is 2. The number of hydrogen-bond acceptors (Lipinski definition) is 7. The number of aliphatic hydroxyl groups excluding tert-OH is 3. The summed E-state index contributed by atoms with van der Waals surface area (Å²) in [5, 5.41) is 44.4. The van der Waals surface area contributed by atoms with Crippen LogP contribution in [0.5, 0.6) is 11.5 Å². The molecule has 0 fully saturated rings. The van der Waals surface area contributed by atoms with Gasteiger partial charge in [-0.1, -0.05) is 92.3 Å². The van der Waals surface area contributed by atoms with Gasteiger partial charge in [-0.3, -0.25) is 0 Å². The van der Waals surface area contributed by atoms with Gasteiger partial charge in [-0.15, -0.1) is 0 Å². The van der Waals surface area contributed by atoms with Gasteiger partial charge >= 0.3 is 0 Å². The molecule has 0 aliphatic heterocycles. The van der Waals surface area contributed by atoms with Crippen molar-refractivity contribution in [2.75, 3.05) is 12.3 Å². The van der Waals surface area contributed by atoms with Gasteiger partial charge in [0.15, 0.2) is 11.5 Å². The molecule has 2 aromatic heterocycles. The number of aliphatic hydroxyl groups is 3. The molecule has 4 aromatic rings. The van der Waals surface area contributed by atoms with Crippen molar-refractivity contribution in [2.45, 2.75) is 88.4 Å². The van der Waals surface area contributed by atoms with Crippen LogP contribution >= 0.6 is 0 Å². The van der Waals surface area contributed by atoms with E-state index in [0.29, 0.717) is 37.4 Å². The number of rotatable bonds is 12. The van der Waals surface area contributed by atoms with Crippen molar-refractivity contribution >= 4 is 5.82 Å². The Kier molecular flexibility index (Phi) is 12.7. The van der Waals surface area contributed by atoms with Crippen LogP contribution in [0.3, 0.4) is 0 Å². The highest BCUT2D eigenvalue weighted by Gasteiger charge is 2.36. The standard InChI is InChI=1S/C44H52N3O5/c1-29(22-30-8-3-2-4-9-30)31-10-5-6-12-40(50)44-32(14-13-31)15-16-33(25-41(44)51)34-17-18-39(49)42(26-34)52-38(28-48)24-36(23-37-11-7-20-46-37)35-19-21-47-43(45)27-35/h2-4,7-9,11,15-21,26-27,29,31-33,36,38,40-41,44,48-51H,5-6,10,12,22-25,28H2,1H3,(H2,45,47)/q-1. The van der Waals surface area contributed by atoms with Gasteiger partial charge in [-0.05, 0) is 91.3 Å². The summed E-state index contributed by atoms with van der Waals surface area (Å²) in [5.41, 5.74) is 10.1. The average Bonchev–Trinajstić information content (AvgIpc) is 3.60. The summed E-state index contributed by atoms with van der Waals surface area (Å²) in [6, 6.07) is 23.4. The first-order chi connectivity index (χ1) is 25.3.